The maximum absolute atomic E-state index is 5.47. The van der Waals surface area contributed by atoms with Crippen molar-refractivity contribution in [3.05, 3.63) is 23.6 Å². The maximum Gasteiger partial charge on any atom is 0.240 e. The van der Waals surface area contributed by atoms with Gasteiger partial charge in [-0.05, 0) is 18.6 Å². The summed E-state index contributed by atoms with van der Waals surface area (Å²) in [7, 11) is 3.22. The van der Waals surface area contributed by atoms with E-state index >= 15 is 0 Å². The van der Waals surface area contributed by atoms with E-state index in [1.54, 1.807) is 14.2 Å². The maximum atomic E-state index is 5.47. The van der Waals surface area contributed by atoms with Crippen molar-refractivity contribution in [2.45, 2.75) is 19.9 Å². The average molecular weight is 263 g/mol. The third-order valence-corrected chi connectivity index (χ3v) is 2.89. The lowest BCUT2D eigenvalue weighted by molar-refractivity contribution is 0.352. The van der Waals surface area contributed by atoms with Crippen molar-refractivity contribution in [2.75, 3.05) is 14.2 Å². The van der Waals surface area contributed by atoms with Gasteiger partial charge in [0.25, 0.3) is 0 Å². The number of methoxy groups -OCH3 is 2. The molecule has 1 aromatic heterocycles. The molecule has 0 aliphatic heterocycles. The molecule has 2 N–H and O–H groups in total. The predicted octanol–water partition coefficient (Wildman–Crippen LogP) is 1.77. The molecule has 0 fully saturated rings. The number of rotatable bonds is 5. The molecule has 102 valence electrons. The van der Waals surface area contributed by atoms with Crippen LogP contribution in [0.25, 0.3) is 11.4 Å². The lowest BCUT2D eigenvalue weighted by atomic mass is 10.0. The molecule has 0 atom stereocenters. The first kappa shape index (κ1) is 13.4. The Morgan fingerprint density at radius 3 is 2.58 bits per heavy atom. The van der Waals surface area contributed by atoms with E-state index in [1.165, 1.54) is 0 Å². The van der Waals surface area contributed by atoms with Gasteiger partial charge in [-0.25, -0.2) is 0 Å². The Kier molecular flexibility index (Phi) is 4.01. The van der Waals surface area contributed by atoms with Gasteiger partial charge in [-0.3, -0.25) is 0 Å². The molecule has 0 aliphatic carbocycles. The number of hydrogen-bond acceptors (Lipinski definition) is 6. The second-order valence-electron chi connectivity index (χ2n) is 3.90. The highest BCUT2D eigenvalue weighted by Crippen LogP contribution is 2.37. The van der Waals surface area contributed by atoms with Gasteiger partial charge in [0.05, 0.1) is 20.8 Å². The number of aromatic nitrogens is 2. The fourth-order valence-electron chi connectivity index (χ4n) is 2.00. The molecule has 0 saturated carbocycles. The SMILES string of the molecule is CCc1c(-c2noc(CN)n2)ccc(OC)c1OC. The minimum atomic E-state index is 0.224. The summed E-state index contributed by atoms with van der Waals surface area (Å²) >= 11 is 0. The van der Waals surface area contributed by atoms with E-state index in [0.717, 1.165) is 17.5 Å². The first-order valence-corrected chi connectivity index (χ1v) is 6.02. The Morgan fingerprint density at radius 2 is 2.05 bits per heavy atom. The van der Waals surface area contributed by atoms with Crippen molar-refractivity contribution in [1.82, 2.24) is 10.1 Å². The van der Waals surface area contributed by atoms with Gasteiger partial charge in [0, 0.05) is 11.1 Å². The minimum Gasteiger partial charge on any atom is -0.493 e. The van der Waals surface area contributed by atoms with Crippen molar-refractivity contribution in [3.63, 3.8) is 0 Å². The van der Waals surface area contributed by atoms with Crippen LogP contribution < -0.4 is 15.2 Å². The molecule has 0 saturated heterocycles. The number of hydrogen-bond donors (Lipinski definition) is 1. The average Bonchev–Trinajstić information content (AvgIpc) is 2.94. The second kappa shape index (κ2) is 5.71. The standard InChI is InChI=1S/C13H17N3O3/c1-4-8-9(13-15-11(7-14)19-16-13)5-6-10(17-2)12(8)18-3/h5-6H,4,7,14H2,1-3H3. The van der Waals surface area contributed by atoms with Crippen molar-refractivity contribution in [1.29, 1.82) is 0 Å². The molecule has 0 unspecified atom stereocenters. The van der Waals surface area contributed by atoms with Crippen LogP contribution in [0.15, 0.2) is 16.7 Å². The van der Waals surface area contributed by atoms with Crippen LogP contribution in [0.5, 0.6) is 11.5 Å². The first-order chi connectivity index (χ1) is 9.24. The van der Waals surface area contributed by atoms with Gasteiger partial charge in [0.2, 0.25) is 11.7 Å². The van der Waals surface area contributed by atoms with E-state index in [1.807, 2.05) is 19.1 Å². The summed E-state index contributed by atoms with van der Waals surface area (Å²) in [6.07, 6.45) is 0.766. The summed E-state index contributed by atoms with van der Waals surface area (Å²) in [5.41, 5.74) is 7.31. The number of nitrogens with two attached hydrogens (primary N) is 1. The highest BCUT2D eigenvalue weighted by atomic mass is 16.5. The molecule has 19 heavy (non-hydrogen) atoms. The molecule has 2 aromatic rings. The molecular formula is C13H17N3O3. The molecule has 0 spiro atoms. The topological polar surface area (TPSA) is 83.4 Å². The Balaban J connectivity index is 2.56. The zero-order chi connectivity index (χ0) is 13.8. The van der Waals surface area contributed by atoms with Crippen LogP contribution in [-0.2, 0) is 13.0 Å². The van der Waals surface area contributed by atoms with Crippen LogP contribution in [-0.4, -0.2) is 24.4 Å². The summed E-state index contributed by atoms with van der Waals surface area (Å²) < 4.78 is 15.7. The van der Waals surface area contributed by atoms with Gasteiger partial charge in [-0.15, -0.1) is 0 Å². The van der Waals surface area contributed by atoms with E-state index in [0.29, 0.717) is 23.2 Å². The Morgan fingerprint density at radius 1 is 1.26 bits per heavy atom. The monoisotopic (exact) mass is 263 g/mol. The van der Waals surface area contributed by atoms with Crippen LogP contribution in [0.3, 0.4) is 0 Å². The summed E-state index contributed by atoms with van der Waals surface area (Å²) in [6.45, 7) is 2.26. The summed E-state index contributed by atoms with van der Waals surface area (Å²) in [5.74, 6) is 2.30. The molecule has 6 heteroatoms. The Bertz CT molecular complexity index is 566. The summed E-state index contributed by atoms with van der Waals surface area (Å²) in [6, 6.07) is 3.72. The highest BCUT2D eigenvalue weighted by molar-refractivity contribution is 5.67. The summed E-state index contributed by atoms with van der Waals surface area (Å²) in [5, 5.41) is 3.93. The Hall–Kier alpha value is -2.08. The third-order valence-electron chi connectivity index (χ3n) is 2.89. The van der Waals surface area contributed by atoms with E-state index in [9.17, 15) is 0 Å². The van der Waals surface area contributed by atoms with E-state index < -0.39 is 0 Å². The van der Waals surface area contributed by atoms with Crippen LogP contribution >= 0.6 is 0 Å². The molecule has 0 radical (unpaired) electrons. The molecule has 1 aromatic carbocycles. The van der Waals surface area contributed by atoms with E-state index in [-0.39, 0.29) is 6.54 Å². The highest BCUT2D eigenvalue weighted by Gasteiger charge is 2.18. The first-order valence-electron chi connectivity index (χ1n) is 6.02. The van der Waals surface area contributed by atoms with Crippen molar-refractivity contribution in [2.24, 2.45) is 5.73 Å². The largest absolute Gasteiger partial charge is 0.493 e. The molecule has 6 nitrogen and oxygen atoms in total. The molecule has 2 rings (SSSR count). The predicted molar refractivity (Wildman–Crippen MR) is 70.1 cm³/mol. The molecule has 0 bridgehead atoms. The van der Waals surface area contributed by atoms with Gasteiger partial charge < -0.3 is 19.7 Å². The lowest BCUT2D eigenvalue weighted by Gasteiger charge is -2.14. The molecule has 1 heterocycles. The van der Waals surface area contributed by atoms with Gasteiger partial charge in [0.1, 0.15) is 0 Å². The van der Waals surface area contributed by atoms with E-state index in [4.69, 9.17) is 19.7 Å². The molecule has 0 aliphatic rings. The fourth-order valence-corrected chi connectivity index (χ4v) is 2.00. The van der Waals surface area contributed by atoms with Crippen LogP contribution in [0, 0.1) is 0 Å². The van der Waals surface area contributed by atoms with E-state index in [2.05, 4.69) is 10.1 Å². The van der Waals surface area contributed by atoms with Gasteiger partial charge >= 0.3 is 0 Å². The quantitative estimate of drug-likeness (QED) is 0.885. The van der Waals surface area contributed by atoms with Gasteiger partial charge in [-0.1, -0.05) is 12.1 Å². The van der Waals surface area contributed by atoms with Crippen molar-refractivity contribution in [3.8, 4) is 22.9 Å². The molecular weight excluding hydrogens is 246 g/mol. The second-order valence-corrected chi connectivity index (χ2v) is 3.90. The van der Waals surface area contributed by atoms with Crippen LogP contribution in [0.1, 0.15) is 18.4 Å². The van der Waals surface area contributed by atoms with Crippen molar-refractivity contribution < 1.29 is 14.0 Å². The lowest BCUT2D eigenvalue weighted by Crippen LogP contribution is -1.99. The number of nitrogens with zero attached hydrogens (tertiary/aromatic N) is 2. The van der Waals surface area contributed by atoms with Gasteiger partial charge in [-0.2, -0.15) is 4.98 Å². The third kappa shape index (κ3) is 2.39. The minimum absolute atomic E-state index is 0.224. The van der Waals surface area contributed by atoms with Crippen LogP contribution in [0.4, 0.5) is 0 Å². The Labute approximate surface area is 111 Å². The summed E-state index contributed by atoms with van der Waals surface area (Å²) in [4.78, 5) is 4.24. The normalized spacial score (nSPS) is 10.5. The van der Waals surface area contributed by atoms with Crippen molar-refractivity contribution >= 4 is 0 Å². The van der Waals surface area contributed by atoms with Crippen LogP contribution in [0.2, 0.25) is 0 Å². The smallest absolute Gasteiger partial charge is 0.240 e. The number of ether oxygens (including phenoxy) is 2. The fraction of sp³-hybridized carbons (Fsp3) is 0.385. The van der Waals surface area contributed by atoms with Gasteiger partial charge in [0.15, 0.2) is 11.5 Å². The zero-order valence-electron chi connectivity index (χ0n) is 11.3. The zero-order valence-corrected chi connectivity index (χ0v) is 11.3. The number of benzene rings is 1. The molecule has 0 amide bonds.